The van der Waals surface area contributed by atoms with E-state index in [1.807, 2.05) is 42.5 Å². The Morgan fingerprint density at radius 3 is 2.65 bits per heavy atom. The van der Waals surface area contributed by atoms with Gasteiger partial charge in [-0.05, 0) is 23.8 Å². The van der Waals surface area contributed by atoms with Gasteiger partial charge in [-0.3, -0.25) is 0 Å². The second-order valence-electron chi connectivity index (χ2n) is 3.76. The van der Waals surface area contributed by atoms with Crippen molar-refractivity contribution in [3.8, 4) is 5.75 Å². The molecular weight excluding hydrogens is 231 g/mol. The molecule has 0 aromatic heterocycles. The van der Waals surface area contributed by atoms with Crippen LogP contribution in [0.4, 0.5) is 0 Å². The molecule has 4 heteroatoms. The van der Waals surface area contributed by atoms with Crippen LogP contribution in [-0.2, 0) is 11.3 Å². The van der Waals surface area contributed by atoms with Crippen molar-refractivity contribution in [3.63, 3.8) is 0 Å². The first-order valence-corrected chi connectivity index (χ1v) is 6.38. The first-order chi connectivity index (χ1) is 8.42. The highest BCUT2D eigenvalue weighted by Crippen LogP contribution is 2.32. The summed E-state index contributed by atoms with van der Waals surface area (Å²) in [5.41, 5.74) is 1.23. The molecule has 1 aliphatic heterocycles. The minimum Gasteiger partial charge on any atom is -0.527 e. The van der Waals surface area contributed by atoms with Gasteiger partial charge in [0.15, 0.2) is 0 Å². The van der Waals surface area contributed by atoms with Crippen LogP contribution in [-0.4, -0.2) is 6.40 Å². The Morgan fingerprint density at radius 1 is 1.00 bits per heavy atom. The molecule has 0 radical (unpaired) electrons. The van der Waals surface area contributed by atoms with Crippen LogP contribution in [0.5, 0.6) is 5.75 Å². The Kier molecular flexibility index (Phi) is 3.07. The minimum absolute atomic E-state index is 0.257. The van der Waals surface area contributed by atoms with E-state index in [4.69, 9.17) is 9.31 Å². The zero-order chi connectivity index (χ0) is 11.5. The van der Waals surface area contributed by atoms with Crippen LogP contribution in [0.25, 0.3) is 0 Å². The van der Waals surface area contributed by atoms with Gasteiger partial charge in [-0.25, -0.2) is 0 Å². The van der Waals surface area contributed by atoms with E-state index in [1.54, 1.807) is 11.6 Å². The largest absolute Gasteiger partial charge is 0.606 e. The second-order valence-corrected chi connectivity index (χ2v) is 4.82. The van der Waals surface area contributed by atoms with E-state index in [1.165, 1.54) is 10.5 Å². The van der Waals surface area contributed by atoms with E-state index in [-0.39, 0.29) is 6.40 Å². The van der Waals surface area contributed by atoms with E-state index in [0.29, 0.717) is 6.61 Å². The maximum absolute atomic E-state index is 5.75. The molecule has 1 heterocycles. The number of fused-ring (bicyclic) bond motifs is 1. The molecule has 0 saturated carbocycles. The number of benzene rings is 2. The molecule has 0 saturated heterocycles. The minimum atomic E-state index is -0.257. The molecule has 2 aromatic rings. The molecule has 84 valence electrons. The van der Waals surface area contributed by atoms with Crippen LogP contribution >= 0.6 is 11.6 Å². The Balaban J connectivity index is 1.72. The zero-order valence-corrected chi connectivity index (χ0v) is 10.0. The van der Waals surface area contributed by atoms with E-state index in [9.17, 15) is 0 Å². The summed E-state index contributed by atoms with van der Waals surface area (Å²) in [5.74, 6) is 0.837. The van der Waals surface area contributed by atoms with Gasteiger partial charge in [-0.1, -0.05) is 48.0 Å². The van der Waals surface area contributed by atoms with Gasteiger partial charge in [0.25, 0.3) is 0 Å². The third-order valence-corrected chi connectivity index (χ3v) is 3.62. The van der Waals surface area contributed by atoms with Crippen molar-refractivity contribution in [3.05, 3.63) is 60.2 Å². The molecule has 0 atom stereocenters. The maximum Gasteiger partial charge on any atom is 0.606 e. The van der Waals surface area contributed by atoms with Crippen LogP contribution in [0.3, 0.4) is 0 Å². The summed E-state index contributed by atoms with van der Waals surface area (Å²) in [6, 6.07) is 18.0. The van der Waals surface area contributed by atoms with Gasteiger partial charge in [0.1, 0.15) is 5.75 Å². The van der Waals surface area contributed by atoms with Crippen molar-refractivity contribution >= 4 is 18.0 Å². The van der Waals surface area contributed by atoms with Gasteiger partial charge in [-0.2, -0.15) is 0 Å². The lowest BCUT2D eigenvalue weighted by Crippen LogP contribution is -2.26. The van der Waals surface area contributed by atoms with Crippen LogP contribution < -0.4 is 4.65 Å². The topological polar surface area (TPSA) is 18.5 Å². The Labute approximate surface area is 105 Å². The molecule has 1 aliphatic rings. The quantitative estimate of drug-likeness (QED) is 0.752. The summed E-state index contributed by atoms with van der Waals surface area (Å²) in [7, 11) is 0. The summed E-state index contributed by atoms with van der Waals surface area (Å²) >= 11 is 1.61. The van der Waals surface area contributed by atoms with E-state index < -0.39 is 0 Å². The van der Waals surface area contributed by atoms with E-state index >= 15 is 0 Å². The van der Waals surface area contributed by atoms with E-state index in [2.05, 4.69) is 12.1 Å². The van der Waals surface area contributed by atoms with Gasteiger partial charge in [-0.15, -0.1) is 0 Å². The Hall–Kier alpha value is -1.39. The fraction of sp³-hybridized carbons (Fsp3) is 0.0769. The predicted octanol–water partition coefficient (Wildman–Crippen LogP) is 3.37. The van der Waals surface area contributed by atoms with E-state index in [0.717, 1.165) is 5.75 Å². The molecule has 0 spiro atoms. The molecule has 17 heavy (non-hydrogen) atoms. The lowest BCUT2D eigenvalue weighted by Gasteiger charge is -2.21. The molecule has 0 aliphatic carbocycles. The normalized spacial score (nSPS) is 14.2. The monoisotopic (exact) mass is 242 g/mol. The van der Waals surface area contributed by atoms with Crippen molar-refractivity contribution in [2.24, 2.45) is 0 Å². The number of para-hydroxylation sites is 1. The average molecular weight is 242 g/mol. The maximum atomic E-state index is 5.75. The van der Waals surface area contributed by atoms with Gasteiger partial charge < -0.3 is 9.31 Å². The summed E-state index contributed by atoms with van der Waals surface area (Å²) in [6.45, 7) is 0.612. The summed E-state index contributed by atoms with van der Waals surface area (Å²) in [4.78, 5) is 1.24. The third kappa shape index (κ3) is 2.48. The van der Waals surface area contributed by atoms with Crippen molar-refractivity contribution < 1.29 is 9.31 Å². The zero-order valence-electron chi connectivity index (χ0n) is 9.21. The molecule has 0 unspecified atom stereocenters. The van der Waals surface area contributed by atoms with Crippen LogP contribution in [0.15, 0.2) is 59.5 Å². The molecule has 0 amide bonds. The molecular formula is C13H11BO2S. The van der Waals surface area contributed by atoms with Crippen molar-refractivity contribution in [1.29, 1.82) is 0 Å². The molecule has 3 rings (SSSR count). The SMILES string of the molecule is c1ccc(OB2OCc3ccccc3S2)cc1. The van der Waals surface area contributed by atoms with Crippen LogP contribution in [0.1, 0.15) is 5.56 Å². The molecule has 0 N–H and O–H groups in total. The van der Waals surface area contributed by atoms with Gasteiger partial charge in [0, 0.05) is 4.90 Å². The smallest absolute Gasteiger partial charge is 0.527 e. The third-order valence-electron chi connectivity index (χ3n) is 2.55. The van der Waals surface area contributed by atoms with Crippen molar-refractivity contribution in [1.82, 2.24) is 0 Å². The Bertz CT molecular complexity index is 504. The number of hydrogen-bond acceptors (Lipinski definition) is 3. The molecule has 0 fully saturated rings. The van der Waals surface area contributed by atoms with Crippen molar-refractivity contribution in [2.75, 3.05) is 0 Å². The first-order valence-electron chi connectivity index (χ1n) is 5.50. The van der Waals surface area contributed by atoms with Crippen molar-refractivity contribution in [2.45, 2.75) is 11.5 Å². The average Bonchev–Trinajstić information content (AvgIpc) is 2.40. The van der Waals surface area contributed by atoms with Gasteiger partial charge in [0.05, 0.1) is 6.61 Å². The van der Waals surface area contributed by atoms with Crippen LogP contribution in [0.2, 0.25) is 0 Å². The van der Waals surface area contributed by atoms with Crippen LogP contribution in [0, 0.1) is 0 Å². The number of rotatable bonds is 2. The highest BCUT2D eigenvalue weighted by Gasteiger charge is 2.28. The lowest BCUT2D eigenvalue weighted by atomic mass is 10.2. The highest BCUT2D eigenvalue weighted by atomic mass is 32.2. The lowest BCUT2D eigenvalue weighted by molar-refractivity contribution is 0.266. The van der Waals surface area contributed by atoms with Gasteiger partial charge in [0.2, 0.25) is 0 Å². The molecule has 2 aromatic carbocycles. The summed E-state index contributed by atoms with van der Waals surface area (Å²) in [6.07, 6.45) is -0.257. The number of hydrogen-bond donors (Lipinski definition) is 0. The van der Waals surface area contributed by atoms with Gasteiger partial charge >= 0.3 is 6.40 Å². The second kappa shape index (κ2) is 4.86. The first kappa shape index (κ1) is 10.7. The predicted molar refractivity (Wildman–Crippen MR) is 69.9 cm³/mol. The molecule has 0 bridgehead atoms. The summed E-state index contributed by atoms with van der Waals surface area (Å²) < 4.78 is 11.4. The highest BCUT2D eigenvalue weighted by molar-refractivity contribution is 8.24. The Morgan fingerprint density at radius 2 is 1.76 bits per heavy atom. The molecule has 2 nitrogen and oxygen atoms in total. The standard InChI is InChI=1S/C13H11BO2S/c1-2-7-12(8-3-1)16-14-15-10-11-6-4-5-9-13(11)17-14/h1-9H,10H2. The fourth-order valence-corrected chi connectivity index (χ4v) is 2.64. The summed E-state index contributed by atoms with van der Waals surface area (Å²) in [5, 5.41) is 0. The fourth-order valence-electron chi connectivity index (χ4n) is 1.70.